The van der Waals surface area contributed by atoms with Crippen molar-refractivity contribution in [2.24, 2.45) is 5.92 Å². The molecule has 0 fully saturated rings. The van der Waals surface area contributed by atoms with E-state index in [9.17, 15) is 5.11 Å². The average molecular weight is 212 g/mol. The Balaban J connectivity index is 2.56. The molecule has 0 saturated carbocycles. The zero-order chi connectivity index (χ0) is 11.3. The van der Waals surface area contributed by atoms with Crippen LogP contribution >= 0.6 is 0 Å². The molecule has 0 radical (unpaired) electrons. The van der Waals surface area contributed by atoms with Crippen LogP contribution in [0.1, 0.15) is 19.7 Å². The van der Waals surface area contributed by atoms with Crippen LogP contribution < -0.4 is 5.32 Å². The van der Waals surface area contributed by atoms with Gasteiger partial charge in [0.1, 0.15) is 12.2 Å². The van der Waals surface area contributed by atoms with Crippen molar-refractivity contribution in [1.29, 1.82) is 0 Å². The standard InChI is InChI=1S/C10H20N4O/c1-8(2)6-14-10(12-7-13-14)4-9(15)5-11-3/h7-9,11,15H,4-6H2,1-3H3. The van der Waals surface area contributed by atoms with Crippen molar-refractivity contribution in [2.45, 2.75) is 32.9 Å². The lowest BCUT2D eigenvalue weighted by Crippen LogP contribution is -2.27. The highest BCUT2D eigenvalue weighted by Gasteiger charge is 2.11. The zero-order valence-electron chi connectivity index (χ0n) is 9.64. The molecule has 0 spiro atoms. The molecular weight excluding hydrogens is 192 g/mol. The summed E-state index contributed by atoms with van der Waals surface area (Å²) in [6, 6.07) is 0. The summed E-state index contributed by atoms with van der Waals surface area (Å²) in [7, 11) is 1.82. The van der Waals surface area contributed by atoms with Crippen molar-refractivity contribution in [3.8, 4) is 0 Å². The van der Waals surface area contributed by atoms with Crippen LogP contribution in [-0.2, 0) is 13.0 Å². The molecule has 1 unspecified atom stereocenters. The molecule has 0 bridgehead atoms. The first-order valence-corrected chi connectivity index (χ1v) is 5.32. The monoisotopic (exact) mass is 212 g/mol. The number of likely N-dealkylation sites (N-methyl/N-ethyl adjacent to an activating group) is 1. The lowest BCUT2D eigenvalue weighted by Gasteiger charge is -2.11. The molecule has 86 valence electrons. The fraction of sp³-hybridized carbons (Fsp3) is 0.800. The highest BCUT2D eigenvalue weighted by atomic mass is 16.3. The lowest BCUT2D eigenvalue weighted by atomic mass is 10.2. The van der Waals surface area contributed by atoms with Gasteiger partial charge >= 0.3 is 0 Å². The van der Waals surface area contributed by atoms with Crippen LogP contribution in [-0.4, -0.2) is 39.6 Å². The fourth-order valence-electron chi connectivity index (χ4n) is 1.46. The Morgan fingerprint density at radius 2 is 2.27 bits per heavy atom. The Morgan fingerprint density at radius 3 is 2.87 bits per heavy atom. The summed E-state index contributed by atoms with van der Waals surface area (Å²) in [6.07, 6.45) is 1.70. The Hall–Kier alpha value is -0.940. The highest BCUT2D eigenvalue weighted by molar-refractivity contribution is 4.88. The second kappa shape index (κ2) is 5.82. The van der Waals surface area contributed by atoms with E-state index in [2.05, 4.69) is 29.2 Å². The van der Waals surface area contributed by atoms with Gasteiger partial charge in [-0.05, 0) is 13.0 Å². The summed E-state index contributed by atoms with van der Waals surface area (Å²) in [6.45, 7) is 5.70. The van der Waals surface area contributed by atoms with Crippen LogP contribution in [0.2, 0.25) is 0 Å². The van der Waals surface area contributed by atoms with E-state index in [1.54, 1.807) is 6.33 Å². The molecule has 0 aliphatic carbocycles. The largest absolute Gasteiger partial charge is 0.391 e. The van der Waals surface area contributed by atoms with Gasteiger partial charge in [-0.1, -0.05) is 13.8 Å². The lowest BCUT2D eigenvalue weighted by molar-refractivity contribution is 0.170. The van der Waals surface area contributed by atoms with E-state index in [1.165, 1.54) is 0 Å². The van der Waals surface area contributed by atoms with Gasteiger partial charge in [-0.25, -0.2) is 9.67 Å². The van der Waals surface area contributed by atoms with Gasteiger partial charge in [0.15, 0.2) is 0 Å². The van der Waals surface area contributed by atoms with Gasteiger partial charge in [0.05, 0.1) is 6.10 Å². The predicted molar refractivity (Wildman–Crippen MR) is 58.5 cm³/mol. The van der Waals surface area contributed by atoms with Crippen LogP contribution in [0.4, 0.5) is 0 Å². The number of nitrogens with zero attached hydrogens (tertiary/aromatic N) is 3. The van der Waals surface area contributed by atoms with Gasteiger partial charge in [-0.2, -0.15) is 5.10 Å². The normalized spacial score (nSPS) is 13.4. The van der Waals surface area contributed by atoms with Gasteiger partial charge in [0, 0.05) is 19.5 Å². The van der Waals surface area contributed by atoms with Crippen molar-refractivity contribution in [2.75, 3.05) is 13.6 Å². The van der Waals surface area contributed by atoms with Crippen LogP contribution in [0.3, 0.4) is 0 Å². The Bertz CT molecular complexity index is 285. The fourth-order valence-corrected chi connectivity index (χ4v) is 1.46. The molecule has 1 atom stereocenters. The molecule has 5 nitrogen and oxygen atoms in total. The van der Waals surface area contributed by atoms with E-state index in [4.69, 9.17) is 0 Å². The van der Waals surface area contributed by atoms with E-state index in [-0.39, 0.29) is 0 Å². The van der Waals surface area contributed by atoms with E-state index in [0.29, 0.717) is 18.9 Å². The smallest absolute Gasteiger partial charge is 0.138 e. The number of hydrogen-bond donors (Lipinski definition) is 2. The SMILES string of the molecule is CNCC(O)Cc1ncnn1CC(C)C. The maximum atomic E-state index is 9.64. The van der Waals surface area contributed by atoms with Crippen LogP contribution in [0.15, 0.2) is 6.33 Å². The van der Waals surface area contributed by atoms with Gasteiger partial charge in [0.2, 0.25) is 0 Å². The molecular formula is C10H20N4O. The van der Waals surface area contributed by atoms with E-state index in [1.807, 2.05) is 11.7 Å². The van der Waals surface area contributed by atoms with Gasteiger partial charge in [0.25, 0.3) is 0 Å². The summed E-state index contributed by atoms with van der Waals surface area (Å²) >= 11 is 0. The summed E-state index contributed by atoms with van der Waals surface area (Å²) < 4.78 is 1.86. The van der Waals surface area contributed by atoms with Gasteiger partial charge in [-0.3, -0.25) is 0 Å². The zero-order valence-corrected chi connectivity index (χ0v) is 9.64. The van der Waals surface area contributed by atoms with Crippen molar-refractivity contribution in [3.63, 3.8) is 0 Å². The Kier molecular flexibility index (Phi) is 4.71. The van der Waals surface area contributed by atoms with Gasteiger partial charge < -0.3 is 10.4 Å². The molecule has 0 saturated heterocycles. The minimum atomic E-state index is -0.398. The summed E-state index contributed by atoms with van der Waals surface area (Å²) in [5, 5.41) is 16.7. The first-order chi connectivity index (χ1) is 7.13. The third kappa shape index (κ3) is 3.97. The highest BCUT2D eigenvalue weighted by Crippen LogP contribution is 2.03. The van der Waals surface area contributed by atoms with Gasteiger partial charge in [-0.15, -0.1) is 0 Å². The topological polar surface area (TPSA) is 63.0 Å². The van der Waals surface area contributed by atoms with Crippen molar-refractivity contribution in [3.05, 3.63) is 12.2 Å². The number of aromatic nitrogens is 3. The van der Waals surface area contributed by atoms with Crippen molar-refractivity contribution >= 4 is 0 Å². The number of rotatable bonds is 6. The third-order valence-electron chi connectivity index (χ3n) is 2.09. The minimum absolute atomic E-state index is 0.398. The van der Waals surface area contributed by atoms with E-state index >= 15 is 0 Å². The summed E-state index contributed by atoms with van der Waals surface area (Å²) in [5.41, 5.74) is 0. The minimum Gasteiger partial charge on any atom is -0.391 e. The molecule has 0 aliphatic heterocycles. The summed E-state index contributed by atoms with van der Waals surface area (Å²) in [4.78, 5) is 4.16. The van der Waals surface area contributed by atoms with E-state index < -0.39 is 6.10 Å². The number of nitrogens with one attached hydrogen (secondary N) is 1. The summed E-state index contributed by atoms with van der Waals surface area (Å²) in [5.74, 6) is 1.39. The van der Waals surface area contributed by atoms with Crippen LogP contribution in [0.25, 0.3) is 0 Å². The Labute approximate surface area is 90.5 Å². The molecule has 1 aromatic rings. The molecule has 1 aromatic heterocycles. The molecule has 1 rings (SSSR count). The first kappa shape index (κ1) is 12.1. The van der Waals surface area contributed by atoms with E-state index in [0.717, 1.165) is 12.4 Å². The Morgan fingerprint density at radius 1 is 1.53 bits per heavy atom. The molecule has 0 aromatic carbocycles. The second-order valence-electron chi connectivity index (χ2n) is 4.17. The van der Waals surface area contributed by atoms with Crippen LogP contribution in [0, 0.1) is 5.92 Å². The number of hydrogen-bond acceptors (Lipinski definition) is 4. The average Bonchev–Trinajstić information content (AvgIpc) is 2.52. The maximum absolute atomic E-state index is 9.64. The predicted octanol–water partition coefficient (Wildman–Crippen LogP) is 0.0569. The molecule has 1 heterocycles. The molecule has 0 amide bonds. The maximum Gasteiger partial charge on any atom is 0.138 e. The molecule has 5 heteroatoms. The van der Waals surface area contributed by atoms with Crippen molar-refractivity contribution in [1.82, 2.24) is 20.1 Å². The molecule has 15 heavy (non-hydrogen) atoms. The second-order valence-corrected chi connectivity index (χ2v) is 4.17. The third-order valence-corrected chi connectivity index (χ3v) is 2.09. The first-order valence-electron chi connectivity index (χ1n) is 5.32. The van der Waals surface area contributed by atoms with Crippen molar-refractivity contribution < 1.29 is 5.11 Å². The molecule has 0 aliphatic rings. The quantitative estimate of drug-likeness (QED) is 0.700. The molecule has 2 N–H and O–H groups in total. The van der Waals surface area contributed by atoms with Crippen LogP contribution in [0.5, 0.6) is 0 Å². The number of aliphatic hydroxyl groups is 1. The number of aliphatic hydroxyl groups excluding tert-OH is 1.